The molecule has 0 unspecified atom stereocenters. The van der Waals surface area contributed by atoms with Crippen LogP contribution >= 0.6 is 0 Å². The molecule has 2 amide bonds. The van der Waals surface area contributed by atoms with Crippen LogP contribution in [0, 0.1) is 6.92 Å². The maximum atomic E-state index is 14.2. The van der Waals surface area contributed by atoms with Crippen LogP contribution in [0.15, 0.2) is 69.8 Å². The van der Waals surface area contributed by atoms with Crippen LogP contribution in [0.4, 0.5) is 5.95 Å². The van der Waals surface area contributed by atoms with Crippen molar-refractivity contribution in [3.63, 3.8) is 0 Å². The van der Waals surface area contributed by atoms with Gasteiger partial charge >= 0.3 is 5.69 Å². The summed E-state index contributed by atoms with van der Waals surface area (Å²) >= 11 is 0. The first-order chi connectivity index (χ1) is 22.2. The molecule has 2 aromatic carbocycles. The molecule has 0 bridgehead atoms. The summed E-state index contributed by atoms with van der Waals surface area (Å²) < 4.78 is 4.40. The molecule has 0 saturated carbocycles. The van der Waals surface area contributed by atoms with E-state index < -0.39 is 11.2 Å². The average molecular weight is 619 g/mol. The highest BCUT2D eigenvalue weighted by Crippen LogP contribution is 2.31. The maximum absolute atomic E-state index is 14.2. The number of hydrogen-bond acceptors (Lipinski definition) is 8. The van der Waals surface area contributed by atoms with Gasteiger partial charge in [0.05, 0.1) is 29.2 Å². The highest BCUT2D eigenvalue weighted by Gasteiger charge is 2.41. The molecular weight excluding hydrogens is 584 g/mol. The second-order valence-corrected chi connectivity index (χ2v) is 12.0. The van der Waals surface area contributed by atoms with Crippen molar-refractivity contribution in [2.45, 2.75) is 52.7 Å². The Morgan fingerprint density at radius 3 is 2.35 bits per heavy atom. The van der Waals surface area contributed by atoms with Gasteiger partial charge in [-0.2, -0.15) is 4.98 Å². The lowest BCUT2D eigenvalue weighted by Gasteiger charge is -2.37. The van der Waals surface area contributed by atoms with Crippen LogP contribution in [-0.4, -0.2) is 64.5 Å². The Labute approximate surface area is 264 Å². The van der Waals surface area contributed by atoms with Crippen molar-refractivity contribution in [3.8, 4) is 0 Å². The van der Waals surface area contributed by atoms with Gasteiger partial charge in [-0.05, 0) is 51.8 Å². The van der Waals surface area contributed by atoms with Gasteiger partial charge in [-0.3, -0.25) is 28.4 Å². The fourth-order valence-electron chi connectivity index (χ4n) is 6.63. The number of piperidine rings is 1. The molecule has 1 fully saturated rings. The summed E-state index contributed by atoms with van der Waals surface area (Å²) in [4.78, 5) is 72.0. The highest BCUT2D eigenvalue weighted by molar-refractivity contribution is 6.21. The van der Waals surface area contributed by atoms with Gasteiger partial charge in [-0.1, -0.05) is 42.0 Å². The predicted octanol–water partition coefficient (Wildman–Crippen LogP) is 3.43. The van der Waals surface area contributed by atoms with E-state index in [2.05, 4.69) is 9.97 Å². The number of benzene rings is 2. The molecule has 2 aliphatic heterocycles. The van der Waals surface area contributed by atoms with Gasteiger partial charge in [-0.15, -0.1) is 0 Å². The smallest absolute Gasteiger partial charge is 0.332 e. The molecule has 234 valence electrons. The zero-order valence-corrected chi connectivity index (χ0v) is 26.2. The van der Waals surface area contributed by atoms with Gasteiger partial charge in [0, 0.05) is 37.8 Å². The summed E-state index contributed by atoms with van der Waals surface area (Å²) in [6.07, 6.45) is 3.35. The molecule has 5 heterocycles. The normalized spacial score (nSPS) is 17.0. The number of nitrogens with zero attached hydrogens (tertiary/aromatic N) is 8. The Balaban J connectivity index is 1.31. The van der Waals surface area contributed by atoms with Gasteiger partial charge in [0.1, 0.15) is 5.82 Å². The standard InChI is InChI=1S/C34H34N8O4/c1-5-20(2)17-40-28-29(38(4)34(46)41(32(28)45)19-27-35-21(3)23-12-8-9-15-26(23)36-27)37-33(40)39-16-10-11-22(18-39)42-30(43)24-13-6-7-14-25(24)31(42)44/h5-9,12-15,22H,10-11,16-19H2,1-4H3/b20-5-/t22-/m0/s1. The van der Waals surface area contributed by atoms with E-state index in [1.165, 1.54) is 9.47 Å². The third-order valence-electron chi connectivity index (χ3n) is 9.12. The summed E-state index contributed by atoms with van der Waals surface area (Å²) in [6.45, 7) is 7.03. The van der Waals surface area contributed by atoms with E-state index in [1.54, 1.807) is 31.3 Å². The first kappa shape index (κ1) is 29.3. The third kappa shape index (κ3) is 4.63. The Kier molecular flexibility index (Phi) is 7.14. The van der Waals surface area contributed by atoms with E-state index in [9.17, 15) is 19.2 Å². The quantitative estimate of drug-likeness (QED) is 0.209. The van der Waals surface area contributed by atoms with Gasteiger partial charge in [0.15, 0.2) is 11.2 Å². The van der Waals surface area contributed by atoms with Crippen molar-refractivity contribution >= 4 is 39.8 Å². The largest absolute Gasteiger partial charge is 0.340 e. The molecule has 0 aliphatic carbocycles. The Hall–Kier alpha value is -5.39. The fourth-order valence-corrected chi connectivity index (χ4v) is 6.63. The minimum Gasteiger partial charge on any atom is -0.340 e. The summed E-state index contributed by atoms with van der Waals surface area (Å²) in [5.74, 6) is 0.301. The van der Waals surface area contributed by atoms with Gasteiger partial charge in [0.25, 0.3) is 17.4 Å². The molecule has 2 aliphatic rings. The molecule has 1 saturated heterocycles. The van der Waals surface area contributed by atoms with Gasteiger partial charge in [-0.25, -0.2) is 14.8 Å². The van der Waals surface area contributed by atoms with Crippen molar-refractivity contribution in [1.82, 2.24) is 33.6 Å². The Bertz CT molecular complexity index is 2190. The number of imide groups is 1. The number of fused-ring (bicyclic) bond motifs is 3. The zero-order valence-electron chi connectivity index (χ0n) is 26.2. The molecule has 3 aromatic heterocycles. The lowest BCUT2D eigenvalue weighted by Crippen LogP contribution is -2.50. The Morgan fingerprint density at radius 2 is 1.63 bits per heavy atom. The van der Waals surface area contributed by atoms with E-state index in [-0.39, 0.29) is 30.0 Å². The van der Waals surface area contributed by atoms with Crippen LogP contribution in [-0.2, 0) is 20.1 Å². The monoisotopic (exact) mass is 618 g/mol. The van der Waals surface area contributed by atoms with Crippen molar-refractivity contribution in [2.24, 2.45) is 7.05 Å². The molecule has 12 nitrogen and oxygen atoms in total. The van der Waals surface area contributed by atoms with Crippen LogP contribution in [0.3, 0.4) is 0 Å². The first-order valence-electron chi connectivity index (χ1n) is 15.4. The number of carbonyl (C=O) groups excluding carboxylic acids is 2. The SMILES string of the molecule is C/C=C(/C)Cn1c(N2CCC[C@H](N3C(=O)c4ccccc4C3=O)C2)nc2c1c(=O)n(Cc1nc(C)c3ccccc3n1)c(=O)n2C. The summed E-state index contributed by atoms with van der Waals surface area (Å²) in [5, 5.41) is 0.910. The Morgan fingerprint density at radius 1 is 0.935 bits per heavy atom. The minimum atomic E-state index is -0.520. The number of aromatic nitrogens is 6. The number of rotatable bonds is 6. The lowest BCUT2D eigenvalue weighted by atomic mass is 10.0. The molecule has 12 heteroatoms. The second-order valence-electron chi connectivity index (χ2n) is 12.0. The van der Waals surface area contributed by atoms with E-state index >= 15 is 0 Å². The van der Waals surface area contributed by atoms with Crippen molar-refractivity contribution in [3.05, 3.63) is 104 Å². The van der Waals surface area contributed by atoms with Crippen LogP contribution < -0.4 is 16.1 Å². The van der Waals surface area contributed by atoms with Gasteiger partial charge in [0.2, 0.25) is 5.95 Å². The van der Waals surface area contributed by atoms with Crippen molar-refractivity contribution < 1.29 is 9.59 Å². The number of aryl methyl sites for hydroxylation is 2. The first-order valence-corrected chi connectivity index (χ1v) is 15.4. The molecule has 7 rings (SSSR count). The molecule has 0 radical (unpaired) electrons. The number of allylic oxidation sites excluding steroid dienone is 2. The van der Waals surface area contributed by atoms with Crippen LogP contribution in [0.25, 0.3) is 22.1 Å². The van der Waals surface area contributed by atoms with Crippen LogP contribution in [0.5, 0.6) is 0 Å². The maximum Gasteiger partial charge on any atom is 0.332 e. The third-order valence-corrected chi connectivity index (χ3v) is 9.12. The van der Waals surface area contributed by atoms with E-state index in [0.717, 1.165) is 26.7 Å². The summed E-state index contributed by atoms with van der Waals surface area (Å²) in [6, 6.07) is 14.2. The summed E-state index contributed by atoms with van der Waals surface area (Å²) in [5.41, 5.74) is 2.90. The molecule has 5 aromatic rings. The average Bonchev–Trinajstić information content (AvgIpc) is 3.56. The molecule has 46 heavy (non-hydrogen) atoms. The van der Waals surface area contributed by atoms with E-state index in [0.29, 0.717) is 60.9 Å². The van der Waals surface area contributed by atoms with E-state index in [1.807, 2.05) is 60.6 Å². The number of amides is 2. The number of anilines is 1. The number of para-hydroxylation sites is 1. The van der Waals surface area contributed by atoms with Crippen LogP contribution in [0.1, 0.15) is 58.9 Å². The number of carbonyl (C=O) groups is 2. The van der Waals surface area contributed by atoms with Gasteiger partial charge < -0.3 is 9.47 Å². The van der Waals surface area contributed by atoms with E-state index in [4.69, 9.17) is 4.98 Å². The highest BCUT2D eigenvalue weighted by atomic mass is 16.2. The van der Waals surface area contributed by atoms with Crippen molar-refractivity contribution in [2.75, 3.05) is 18.0 Å². The molecule has 0 spiro atoms. The van der Waals surface area contributed by atoms with Crippen LogP contribution in [0.2, 0.25) is 0 Å². The fraction of sp³-hybridized carbons (Fsp3) is 0.324. The topological polar surface area (TPSA) is 128 Å². The molecular formula is C34H34N8O4. The van der Waals surface area contributed by atoms with Crippen molar-refractivity contribution in [1.29, 1.82) is 0 Å². The second kappa shape index (κ2) is 11.2. The zero-order chi connectivity index (χ0) is 32.3. The molecule has 1 atom stereocenters. The number of imidazole rings is 1. The number of hydrogen-bond donors (Lipinski definition) is 0. The lowest BCUT2D eigenvalue weighted by molar-refractivity contribution is 0.0569. The summed E-state index contributed by atoms with van der Waals surface area (Å²) in [7, 11) is 1.61. The minimum absolute atomic E-state index is 0.0955. The predicted molar refractivity (Wildman–Crippen MR) is 174 cm³/mol. The molecule has 0 N–H and O–H groups in total.